The van der Waals surface area contributed by atoms with Gasteiger partial charge in [0, 0.05) is 18.8 Å². The fraction of sp³-hybridized carbons (Fsp3) is 0.143. The summed E-state index contributed by atoms with van der Waals surface area (Å²) in [5.41, 5.74) is -0.845. The third kappa shape index (κ3) is 5.55. The van der Waals surface area contributed by atoms with Gasteiger partial charge in [-0.25, -0.2) is 4.98 Å². The average Bonchev–Trinajstić information content (AvgIpc) is 2.74. The summed E-state index contributed by atoms with van der Waals surface area (Å²) in [5.74, 6) is -1.93. The highest BCUT2D eigenvalue weighted by molar-refractivity contribution is 7.89. The van der Waals surface area contributed by atoms with Gasteiger partial charge in [-0.1, -0.05) is 6.07 Å². The maximum Gasteiger partial charge on any atom is 0.416 e. The minimum absolute atomic E-state index is 0.00816. The van der Waals surface area contributed by atoms with E-state index in [1.54, 1.807) is 12.1 Å². The van der Waals surface area contributed by atoms with E-state index in [-0.39, 0.29) is 28.4 Å². The third-order valence-electron chi connectivity index (χ3n) is 4.27. The van der Waals surface area contributed by atoms with E-state index in [1.807, 2.05) is 0 Å². The number of aromatic nitrogens is 1. The molecule has 1 amide bonds. The summed E-state index contributed by atoms with van der Waals surface area (Å²) in [4.78, 5) is 16.8. The van der Waals surface area contributed by atoms with E-state index in [0.29, 0.717) is 11.0 Å². The molecule has 168 valence electrons. The Kier molecular flexibility index (Phi) is 7.02. The van der Waals surface area contributed by atoms with Gasteiger partial charge in [0.15, 0.2) is 4.90 Å². The SMILES string of the molecule is CN[S+]([O-])c1cccc(NC(=O)c2ccc(C(F)(F)F)cc2Oc2ccc(F)nc2C)c1. The number of hydrogen-bond acceptors (Lipinski definition) is 5. The Labute approximate surface area is 183 Å². The number of alkyl halides is 3. The van der Waals surface area contributed by atoms with Gasteiger partial charge < -0.3 is 14.6 Å². The van der Waals surface area contributed by atoms with Crippen LogP contribution in [0.4, 0.5) is 23.2 Å². The van der Waals surface area contributed by atoms with E-state index in [0.717, 1.165) is 18.2 Å². The summed E-state index contributed by atoms with van der Waals surface area (Å²) >= 11 is -1.50. The number of benzene rings is 2. The molecular weight excluding hydrogens is 450 g/mol. The van der Waals surface area contributed by atoms with E-state index < -0.39 is 35.0 Å². The molecule has 0 radical (unpaired) electrons. The van der Waals surface area contributed by atoms with Crippen LogP contribution in [0.1, 0.15) is 21.6 Å². The largest absolute Gasteiger partial charge is 0.593 e. The van der Waals surface area contributed by atoms with Gasteiger partial charge in [0.1, 0.15) is 11.5 Å². The average molecular weight is 467 g/mol. The minimum atomic E-state index is -4.67. The monoisotopic (exact) mass is 467 g/mol. The van der Waals surface area contributed by atoms with Crippen molar-refractivity contribution in [1.82, 2.24) is 9.71 Å². The van der Waals surface area contributed by atoms with Crippen LogP contribution in [-0.4, -0.2) is 22.5 Å². The maximum atomic E-state index is 13.3. The second-order valence-corrected chi connectivity index (χ2v) is 7.90. The number of pyridine rings is 1. The molecule has 2 aromatic carbocycles. The molecule has 0 aliphatic heterocycles. The molecule has 32 heavy (non-hydrogen) atoms. The number of nitrogens with one attached hydrogen (secondary N) is 2. The molecule has 0 fully saturated rings. The molecule has 2 N–H and O–H groups in total. The Balaban J connectivity index is 1.97. The first-order valence-electron chi connectivity index (χ1n) is 9.11. The molecule has 1 unspecified atom stereocenters. The number of amides is 1. The van der Waals surface area contributed by atoms with Crippen LogP contribution >= 0.6 is 0 Å². The van der Waals surface area contributed by atoms with Crippen molar-refractivity contribution in [2.24, 2.45) is 0 Å². The molecule has 0 aliphatic carbocycles. The van der Waals surface area contributed by atoms with Crippen LogP contribution in [0.5, 0.6) is 11.5 Å². The van der Waals surface area contributed by atoms with Gasteiger partial charge in [-0.15, -0.1) is 4.72 Å². The molecular formula is C21H17F4N3O3S. The summed E-state index contributed by atoms with van der Waals surface area (Å²) in [6.45, 7) is 1.42. The van der Waals surface area contributed by atoms with Crippen LogP contribution < -0.4 is 14.8 Å². The lowest BCUT2D eigenvalue weighted by atomic mass is 10.1. The molecule has 0 saturated carbocycles. The van der Waals surface area contributed by atoms with Gasteiger partial charge in [0.2, 0.25) is 5.95 Å². The fourth-order valence-electron chi connectivity index (χ4n) is 2.72. The van der Waals surface area contributed by atoms with Crippen molar-refractivity contribution >= 4 is 23.0 Å². The number of nitrogens with zero attached hydrogens (tertiary/aromatic N) is 1. The fourth-order valence-corrected chi connectivity index (χ4v) is 3.39. The van der Waals surface area contributed by atoms with Gasteiger partial charge in [0.05, 0.1) is 28.2 Å². The molecule has 0 saturated heterocycles. The van der Waals surface area contributed by atoms with Crippen molar-refractivity contribution in [2.45, 2.75) is 18.0 Å². The molecule has 11 heteroatoms. The molecule has 0 spiro atoms. The highest BCUT2D eigenvalue weighted by Gasteiger charge is 2.32. The number of rotatable bonds is 6. The number of carbonyl (C=O) groups excluding carboxylic acids is 1. The highest BCUT2D eigenvalue weighted by Crippen LogP contribution is 2.35. The lowest BCUT2D eigenvalue weighted by molar-refractivity contribution is -0.137. The predicted octanol–water partition coefficient (Wildman–Crippen LogP) is 4.83. The van der Waals surface area contributed by atoms with Crippen LogP contribution in [0, 0.1) is 12.9 Å². The van der Waals surface area contributed by atoms with Crippen molar-refractivity contribution in [3.63, 3.8) is 0 Å². The summed E-state index contributed by atoms with van der Waals surface area (Å²) in [6.07, 6.45) is -4.67. The predicted molar refractivity (Wildman–Crippen MR) is 110 cm³/mol. The van der Waals surface area contributed by atoms with Crippen LogP contribution in [0.2, 0.25) is 0 Å². The topological polar surface area (TPSA) is 86.3 Å². The highest BCUT2D eigenvalue weighted by atomic mass is 32.2. The summed E-state index contributed by atoms with van der Waals surface area (Å²) in [6, 6.07) is 10.8. The number of carbonyl (C=O) groups is 1. The lowest BCUT2D eigenvalue weighted by Gasteiger charge is -2.15. The lowest BCUT2D eigenvalue weighted by Crippen LogP contribution is -2.19. The minimum Gasteiger partial charge on any atom is -0.593 e. The van der Waals surface area contributed by atoms with Crippen molar-refractivity contribution < 1.29 is 31.6 Å². The van der Waals surface area contributed by atoms with Crippen LogP contribution in [-0.2, 0) is 17.5 Å². The molecule has 3 aromatic rings. The van der Waals surface area contributed by atoms with Crippen molar-refractivity contribution in [2.75, 3.05) is 12.4 Å². The number of hydrogen-bond donors (Lipinski definition) is 2. The molecule has 1 heterocycles. The van der Waals surface area contributed by atoms with Crippen LogP contribution in [0.3, 0.4) is 0 Å². The third-order valence-corrected chi connectivity index (χ3v) is 5.32. The maximum absolute atomic E-state index is 13.3. The van der Waals surface area contributed by atoms with Gasteiger partial charge >= 0.3 is 6.18 Å². The first kappa shape index (κ1) is 23.5. The number of halogens is 4. The van der Waals surface area contributed by atoms with Gasteiger partial charge in [-0.2, -0.15) is 17.6 Å². The number of ether oxygens (including phenoxy) is 1. The van der Waals surface area contributed by atoms with E-state index >= 15 is 0 Å². The van der Waals surface area contributed by atoms with Crippen molar-refractivity contribution in [3.05, 3.63) is 77.4 Å². The number of anilines is 1. The van der Waals surface area contributed by atoms with E-state index in [4.69, 9.17) is 4.74 Å². The molecule has 6 nitrogen and oxygen atoms in total. The normalized spacial score (nSPS) is 12.3. The molecule has 3 rings (SSSR count). The Bertz CT molecular complexity index is 1140. The molecule has 1 atom stereocenters. The molecule has 0 aliphatic rings. The second-order valence-electron chi connectivity index (χ2n) is 6.48. The zero-order chi connectivity index (χ0) is 23.5. The van der Waals surface area contributed by atoms with E-state index in [2.05, 4.69) is 15.0 Å². The van der Waals surface area contributed by atoms with Gasteiger partial charge in [-0.3, -0.25) is 4.79 Å². The molecule has 0 bridgehead atoms. The zero-order valence-corrected chi connectivity index (χ0v) is 17.6. The standard InChI is InChI=1S/C21H17F4N3O3S/c1-12-17(8-9-19(22)27-12)31-18-10-13(21(23,24)25)6-7-16(18)20(29)28-14-4-3-5-15(11-14)32(30)26-2/h3-11,26H,1-2H3,(H,28,29). The first-order chi connectivity index (χ1) is 15.1. The van der Waals surface area contributed by atoms with Gasteiger partial charge in [0.25, 0.3) is 5.91 Å². The van der Waals surface area contributed by atoms with Crippen LogP contribution in [0.15, 0.2) is 59.5 Å². The van der Waals surface area contributed by atoms with E-state index in [9.17, 15) is 26.9 Å². The molecule has 1 aromatic heterocycles. The quantitative estimate of drug-likeness (QED) is 0.308. The second kappa shape index (κ2) is 9.55. The Morgan fingerprint density at radius 3 is 2.50 bits per heavy atom. The van der Waals surface area contributed by atoms with Crippen LogP contribution in [0.25, 0.3) is 0 Å². The van der Waals surface area contributed by atoms with Crippen molar-refractivity contribution in [3.8, 4) is 11.5 Å². The summed E-state index contributed by atoms with van der Waals surface area (Å²) in [7, 11) is 1.50. The van der Waals surface area contributed by atoms with E-state index in [1.165, 1.54) is 32.2 Å². The Hall–Kier alpha value is -3.15. The van der Waals surface area contributed by atoms with Gasteiger partial charge in [-0.05, 0) is 49.4 Å². The Morgan fingerprint density at radius 1 is 1.09 bits per heavy atom. The Morgan fingerprint density at radius 2 is 1.84 bits per heavy atom. The summed E-state index contributed by atoms with van der Waals surface area (Å²) in [5, 5.41) is 2.55. The first-order valence-corrected chi connectivity index (χ1v) is 10.3. The van der Waals surface area contributed by atoms with Crippen molar-refractivity contribution in [1.29, 1.82) is 0 Å². The number of aryl methyl sites for hydroxylation is 1. The summed E-state index contributed by atoms with van der Waals surface area (Å²) < 4.78 is 72.9. The zero-order valence-electron chi connectivity index (χ0n) is 16.8. The smallest absolute Gasteiger partial charge is 0.416 e.